The van der Waals surface area contributed by atoms with Gasteiger partial charge >= 0.3 is 0 Å². The zero-order chi connectivity index (χ0) is 14.7. The molecule has 0 saturated heterocycles. The highest BCUT2D eigenvalue weighted by Crippen LogP contribution is 2.17. The Kier molecular flexibility index (Phi) is 4.78. The van der Waals surface area contributed by atoms with E-state index in [0.29, 0.717) is 10.7 Å². The molecule has 20 heavy (non-hydrogen) atoms. The first-order valence-electron chi connectivity index (χ1n) is 6.44. The average molecular weight is 309 g/mol. The van der Waals surface area contributed by atoms with Gasteiger partial charge in [-0.2, -0.15) is 0 Å². The summed E-state index contributed by atoms with van der Waals surface area (Å²) in [5, 5.41) is 3.33. The van der Waals surface area contributed by atoms with Gasteiger partial charge in [0.05, 0.1) is 0 Å². The van der Waals surface area contributed by atoms with Crippen LogP contribution in [0.2, 0.25) is 5.15 Å². The predicted molar refractivity (Wildman–Crippen MR) is 83.7 cm³/mol. The van der Waals surface area contributed by atoms with Crippen molar-refractivity contribution in [1.29, 1.82) is 0 Å². The van der Waals surface area contributed by atoms with Gasteiger partial charge in [-0.05, 0) is 45.0 Å². The molecule has 2 aromatic heterocycles. The molecule has 106 valence electrons. The van der Waals surface area contributed by atoms with Crippen LogP contribution in [0, 0.1) is 13.8 Å². The van der Waals surface area contributed by atoms with Crippen LogP contribution in [0.3, 0.4) is 0 Å². The van der Waals surface area contributed by atoms with Gasteiger partial charge in [-0.1, -0.05) is 11.6 Å². The fourth-order valence-electron chi connectivity index (χ4n) is 2.01. The van der Waals surface area contributed by atoms with Crippen molar-refractivity contribution < 1.29 is 4.79 Å². The molecule has 2 aromatic rings. The highest BCUT2D eigenvalue weighted by atomic mass is 35.5. The summed E-state index contributed by atoms with van der Waals surface area (Å²) in [5.74, 6) is -0.113. The van der Waals surface area contributed by atoms with Crippen LogP contribution in [0.25, 0.3) is 0 Å². The van der Waals surface area contributed by atoms with Crippen LogP contribution in [0.1, 0.15) is 32.7 Å². The molecule has 3 nitrogen and oxygen atoms in total. The van der Waals surface area contributed by atoms with Gasteiger partial charge in [0.15, 0.2) is 0 Å². The first-order chi connectivity index (χ1) is 9.44. The van der Waals surface area contributed by atoms with Crippen LogP contribution in [0.15, 0.2) is 24.3 Å². The third-order valence-electron chi connectivity index (χ3n) is 2.87. The summed E-state index contributed by atoms with van der Waals surface area (Å²) in [4.78, 5) is 18.8. The zero-order valence-electron chi connectivity index (χ0n) is 11.7. The van der Waals surface area contributed by atoms with E-state index in [4.69, 9.17) is 11.6 Å². The van der Waals surface area contributed by atoms with E-state index in [0.717, 1.165) is 12.1 Å². The minimum Gasteiger partial charge on any atom is -0.349 e. The van der Waals surface area contributed by atoms with E-state index < -0.39 is 0 Å². The number of hydrogen-bond acceptors (Lipinski definition) is 3. The zero-order valence-corrected chi connectivity index (χ0v) is 13.3. The van der Waals surface area contributed by atoms with Gasteiger partial charge in [-0.15, -0.1) is 11.3 Å². The number of carbonyl (C=O) groups excluding carboxylic acids is 1. The number of carbonyl (C=O) groups is 1. The van der Waals surface area contributed by atoms with Crippen LogP contribution in [-0.4, -0.2) is 16.9 Å². The van der Waals surface area contributed by atoms with Gasteiger partial charge in [0.1, 0.15) is 5.15 Å². The third-order valence-corrected chi connectivity index (χ3v) is 4.08. The van der Waals surface area contributed by atoms with Crippen molar-refractivity contribution in [1.82, 2.24) is 10.3 Å². The largest absolute Gasteiger partial charge is 0.349 e. The maximum absolute atomic E-state index is 12.2. The second-order valence-corrected chi connectivity index (χ2v) is 6.67. The summed E-state index contributed by atoms with van der Waals surface area (Å²) in [6.07, 6.45) is 0.835. The summed E-state index contributed by atoms with van der Waals surface area (Å²) >= 11 is 7.64. The third kappa shape index (κ3) is 4.05. The molecule has 0 saturated carbocycles. The van der Waals surface area contributed by atoms with E-state index in [9.17, 15) is 4.79 Å². The molecule has 1 atom stereocenters. The van der Waals surface area contributed by atoms with Crippen molar-refractivity contribution in [2.45, 2.75) is 33.2 Å². The monoisotopic (exact) mass is 308 g/mol. The molecule has 2 heterocycles. The predicted octanol–water partition coefficient (Wildman–Crippen LogP) is 3.77. The van der Waals surface area contributed by atoms with E-state index in [-0.39, 0.29) is 11.9 Å². The molecule has 1 N–H and O–H groups in total. The SMILES string of the molecule is Cc1cc(C(=O)NC(C)Cc2ccc(C)s2)cc(Cl)n1. The molecule has 0 spiro atoms. The average Bonchev–Trinajstić information content (AvgIpc) is 2.73. The Bertz CT molecular complexity index is 604. The Hall–Kier alpha value is -1.39. The van der Waals surface area contributed by atoms with Crippen molar-refractivity contribution in [3.8, 4) is 0 Å². The lowest BCUT2D eigenvalue weighted by Gasteiger charge is -2.13. The first-order valence-corrected chi connectivity index (χ1v) is 7.64. The van der Waals surface area contributed by atoms with Gasteiger partial charge in [0, 0.05) is 33.5 Å². The van der Waals surface area contributed by atoms with E-state index in [1.54, 1.807) is 23.5 Å². The quantitative estimate of drug-likeness (QED) is 0.874. The minimum atomic E-state index is -0.113. The summed E-state index contributed by atoms with van der Waals surface area (Å²) in [7, 11) is 0. The lowest BCUT2D eigenvalue weighted by Crippen LogP contribution is -2.34. The van der Waals surface area contributed by atoms with Crippen molar-refractivity contribution in [3.63, 3.8) is 0 Å². The van der Waals surface area contributed by atoms with Crippen LogP contribution in [-0.2, 0) is 6.42 Å². The lowest BCUT2D eigenvalue weighted by atomic mass is 10.1. The molecule has 0 aliphatic rings. The van der Waals surface area contributed by atoms with Gasteiger partial charge < -0.3 is 5.32 Å². The highest BCUT2D eigenvalue weighted by molar-refractivity contribution is 7.11. The molecule has 0 aliphatic heterocycles. The summed E-state index contributed by atoms with van der Waals surface area (Å²) < 4.78 is 0. The second kappa shape index (κ2) is 6.37. The van der Waals surface area contributed by atoms with Crippen LogP contribution in [0.4, 0.5) is 0 Å². The summed E-state index contributed by atoms with van der Waals surface area (Å²) in [6.45, 7) is 5.91. The van der Waals surface area contributed by atoms with Gasteiger partial charge in [-0.25, -0.2) is 4.98 Å². The molecule has 1 amide bonds. The standard InChI is InChI=1S/C15H17ClN2OS/c1-9-6-12(8-14(16)17-9)15(19)18-10(2)7-13-5-4-11(3)20-13/h4-6,8,10H,7H2,1-3H3,(H,18,19). The number of thiophene rings is 1. The molecular formula is C15H17ClN2OS. The van der Waals surface area contributed by atoms with Crippen LogP contribution in [0.5, 0.6) is 0 Å². The fourth-order valence-corrected chi connectivity index (χ4v) is 3.28. The number of nitrogens with one attached hydrogen (secondary N) is 1. The molecule has 0 fully saturated rings. The molecule has 0 aliphatic carbocycles. The highest BCUT2D eigenvalue weighted by Gasteiger charge is 2.12. The Balaban J connectivity index is 2.00. The van der Waals surface area contributed by atoms with Crippen molar-refractivity contribution >= 4 is 28.8 Å². The lowest BCUT2D eigenvalue weighted by molar-refractivity contribution is 0.0940. The maximum Gasteiger partial charge on any atom is 0.251 e. The number of amides is 1. The van der Waals surface area contributed by atoms with Crippen LogP contribution >= 0.6 is 22.9 Å². The second-order valence-electron chi connectivity index (χ2n) is 4.91. The Morgan fingerprint density at radius 2 is 2.15 bits per heavy atom. The Labute approximate surface area is 128 Å². The van der Waals surface area contributed by atoms with E-state index in [2.05, 4.69) is 29.4 Å². The number of aromatic nitrogens is 1. The number of aryl methyl sites for hydroxylation is 2. The smallest absolute Gasteiger partial charge is 0.251 e. The fraction of sp³-hybridized carbons (Fsp3) is 0.333. The molecular weight excluding hydrogens is 292 g/mol. The number of hydrogen-bond donors (Lipinski definition) is 1. The van der Waals surface area contributed by atoms with E-state index >= 15 is 0 Å². The Morgan fingerprint density at radius 1 is 1.40 bits per heavy atom. The molecule has 0 radical (unpaired) electrons. The van der Waals surface area contributed by atoms with Crippen molar-refractivity contribution in [2.75, 3.05) is 0 Å². The Morgan fingerprint density at radius 3 is 2.75 bits per heavy atom. The van der Waals surface area contributed by atoms with Gasteiger partial charge in [-0.3, -0.25) is 4.79 Å². The normalized spacial score (nSPS) is 12.2. The van der Waals surface area contributed by atoms with Crippen molar-refractivity contribution in [3.05, 3.63) is 50.4 Å². The van der Waals surface area contributed by atoms with Crippen LogP contribution < -0.4 is 5.32 Å². The van der Waals surface area contributed by atoms with Gasteiger partial charge in [0.2, 0.25) is 0 Å². The molecule has 0 bridgehead atoms. The molecule has 5 heteroatoms. The molecule has 0 aromatic carbocycles. The number of halogens is 1. The summed E-state index contributed by atoms with van der Waals surface area (Å²) in [6, 6.07) is 7.61. The number of pyridine rings is 1. The molecule has 2 rings (SSSR count). The maximum atomic E-state index is 12.2. The molecule has 1 unspecified atom stereocenters. The first kappa shape index (κ1) is 15.0. The summed E-state index contributed by atoms with van der Waals surface area (Å²) in [5.41, 5.74) is 1.29. The van der Waals surface area contributed by atoms with Gasteiger partial charge in [0.25, 0.3) is 5.91 Å². The number of rotatable bonds is 4. The van der Waals surface area contributed by atoms with E-state index in [1.807, 2.05) is 13.8 Å². The topological polar surface area (TPSA) is 42.0 Å². The van der Waals surface area contributed by atoms with E-state index in [1.165, 1.54) is 9.75 Å². The number of nitrogens with zero attached hydrogens (tertiary/aromatic N) is 1. The minimum absolute atomic E-state index is 0.0767. The van der Waals surface area contributed by atoms with Crippen molar-refractivity contribution in [2.24, 2.45) is 0 Å².